The van der Waals surface area contributed by atoms with Crippen LogP contribution in [-0.2, 0) is 0 Å². The third-order valence-corrected chi connectivity index (χ3v) is 3.26. The number of aliphatic hydroxyl groups excluding tert-OH is 1. The van der Waals surface area contributed by atoms with Gasteiger partial charge in [-0.05, 0) is 16.3 Å². The molecule has 0 aromatic heterocycles. The minimum atomic E-state index is -0.381. The Morgan fingerprint density at radius 3 is 2.39 bits per heavy atom. The zero-order valence-corrected chi connectivity index (χ0v) is 11.4. The normalized spacial score (nSPS) is 13.8. The molecule has 0 spiro atoms. The van der Waals surface area contributed by atoms with Crippen LogP contribution in [0.3, 0.4) is 0 Å². The first kappa shape index (κ1) is 13.1. The molecule has 2 aromatic carbocycles. The van der Waals surface area contributed by atoms with Crippen LogP contribution in [0.1, 0.15) is 18.1 Å². The minimum Gasteiger partial charge on any atom is -0.388 e. The maximum Gasteiger partial charge on any atom is 0.0849 e. The Hall–Kier alpha value is -1.38. The molecule has 0 heterocycles. The van der Waals surface area contributed by atoms with Gasteiger partial charge in [-0.2, -0.15) is 0 Å². The average molecular weight is 244 g/mol. The second-order valence-electron chi connectivity index (χ2n) is 5.89. The minimum absolute atomic E-state index is 0.381. The lowest BCUT2D eigenvalue weighted by atomic mass is 9.98. The fourth-order valence-corrected chi connectivity index (χ4v) is 2.21. The summed E-state index contributed by atoms with van der Waals surface area (Å²) in [6.07, 6.45) is 0.408. The predicted molar refractivity (Wildman–Crippen MR) is 76.4 cm³/mol. The number of quaternary nitrogens is 1. The van der Waals surface area contributed by atoms with Crippen LogP contribution in [0.25, 0.3) is 10.8 Å². The molecule has 1 unspecified atom stereocenters. The van der Waals surface area contributed by atoms with Crippen LogP contribution in [0.4, 0.5) is 0 Å². The summed E-state index contributed by atoms with van der Waals surface area (Å²) < 4.78 is 0.877. The van der Waals surface area contributed by atoms with Gasteiger partial charge in [0.1, 0.15) is 0 Å². The molecule has 0 aliphatic carbocycles. The van der Waals surface area contributed by atoms with Gasteiger partial charge in [0.15, 0.2) is 0 Å². The lowest BCUT2D eigenvalue weighted by Crippen LogP contribution is -2.36. The largest absolute Gasteiger partial charge is 0.388 e. The van der Waals surface area contributed by atoms with Crippen molar-refractivity contribution in [1.82, 2.24) is 0 Å². The first-order chi connectivity index (χ1) is 8.47. The van der Waals surface area contributed by atoms with Crippen molar-refractivity contribution in [3.63, 3.8) is 0 Å². The quantitative estimate of drug-likeness (QED) is 0.820. The van der Waals surface area contributed by atoms with E-state index in [1.807, 2.05) is 24.3 Å². The van der Waals surface area contributed by atoms with Gasteiger partial charge in [-0.3, -0.25) is 0 Å². The highest BCUT2D eigenvalue weighted by molar-refractivity contribution is 5.85. The Morgan fingerprint density at radius 2 is 1.67 bits per heavy atom. The molecule has 2 aromatic rings. The Kier molecular flexibility index (Phi) is 3.69. The third kappa shape index (κ3) is 3.09. The van der Waals surface area contributed by atoms with Crippen LogP contribution in [0.2, 0.25) is 0 Å². The number of nitrogens with zero attached hydrogens (tertiary/aromatic N) is 1. The van der Waals surface area contributed by atoms with Crippen LogP contribution in [0, 0.1) is 0 Å². The summed E-state index contributed by atoms with van der Waals surface area (Å²) in [5, 5.41) is 12.7. The molecule has 0 saturated carbocycles. The molecule has 0 bridgehead atoms. The van der Waals surface area contributed by atoms with Gasteiger partial charge in [0.2, 0.25) is 0 Å². The van der Waals surface area contributed by atoms with E-state index in [0.717, 1.165) is 28.4 Å². The third-order valence-electron chi connectivity index (χ3n) is 3.26. The molecule has 0 radical (unpaired) electrons. The highest BCUT2D eigenvalue weighted by Gasteiger charge is 2.15. The van der Waals surface area contributed by atoms with Crippen molar-refractivity contribution in [2.75, 3.05) is 27.7 Å². The summed E-state index contributed by atoms with van der Waals surface area (Å²) in [5.74, 6) is 0. The van der Waals surface area contributed by atoms with Crippen LogP contribution in [0.5, 0.6) is 0 Å². The second-order valence-corrected chi connectivity index (χ2v) is 5.89. The molecule has 1 atom stereocenters. The molecule has 2 heteroatoms. The summed E-state index contributed by atoms with van der Waals surface area (Å²) in [6.45, 7) is 0.963. The number of benzene rings is 2. The zero-order chi connectivity index (χ0) is 13.2. The molecule has 0 saturated heterocycles. The SMILES string of the molecule is C[N+](C)(C)CCC(O)c1cccc2ccccc12. The van der Waals surface area contributed by atoms with Gasteiger partial charge in [0, 0.05) is 6.42 Å². The molecule has 1 N–H and O–H groups in total. The average Bonchev–Trinajstić information content (AvgIpc) is 2.34. The molecule has 0 amide bonds. The Labute approximate surface area is 109 Å². The van der Waals surface area contributed by atoms with E-state index in [-0.39, 0.29) is 6.10 Å². The monoisotopic (exact) mass is 244 g/mol. The van der Waals surface area contributed by atoms with E-state index in [1.54, 1.807) is 0 Å². The molecule has 18 heavy (non-hydrogen) atoms. The summed E-state index contributed by atoms with van der Waals surface area (Å²) in [4.78, 5) is 0. The maximum absolute atomic E-state index is 10.4. The van der Waals surface area contributed by atoms with E-state index >= 15 is 0 Å². The fourth-order valence-electron chi connectivity index (χ4n) is 2.21. The predicted octanol–water partition coefficient (Wildman–Crippen LogP) is 2.97. The van der Waals surface area contributed by atoms with Crippen LogP contribution >= 0.6 is 0 Å². The fraction of sp³-hybridized carbons (Fsp3) is 0.375. The summed E-state index contributed by atoms with van der Waals surface area (Å²) in [6, 6.07) is 14.4. The molecular formula is C16H22NO+. The van der Waals surface area contributed by atoms with Crippen molar-refractivity contribution in [2.24, 2.45) is 0 Å². The smallest absolute Gasteiger partial charge is 0.0849 e. The maximum atomic E-state index is 10.4. The zero-order valence-electron chi connectivity index (χ0n) is 11.4. The van der Waals surface area contributed by atoms with E-state index in [0.29, 0.717) is 0 Å². The summed E-state index contributed by atoms with van der Waals surface area (Å²) in [5.41, 5.74) is 1.04. The molecule has 2 rings (SSSR count). The highest BCUT2D eigenvalue weighted by atomic mass is 16.3. The summed E-state index contributed by atoms with van der Waals surface area (Å²) >= 11 is 0. The van der Waals surface area contributed by atoms with Crippen molar-refractivity contribution in [1.29, 1.82) is 0 Å². The van der Waals surface area contributed by atoms with E-state index in [9.17, 15) is 5.11 Å². The molecule has 2 nitrogen and oxygen atoms in total. The Balaban J connectivity index is 2.25. The van der Waals surface area contributed by atoms with E-state index in [1.165, 1.54) is 5.39 Å². The first-order valence-electron chi connectivity index (χ1n) is 6.43. The summed E-state index contributed by atoms with van der Waals surface area (Å²) in [7, 11) is 6.45. The second kappa shape index (κ2) is 5.09. The van der Waals surface area contributed by atoms with Crippen molar-refractivity contribution < 1.29 is 9.59 Å². The standard InChI is InChI=1S/C16H22NO/c1-17(2,3)12-11-16(18)15-10-6-8-13-7-4-5-9-14(13)15/h4-10,16,18H,11-12H2,1-3H3/q+1. The number of rotatable bonds is 4. The number of fused-ring (bicyclic) bond motifs is 1. The van der Waals surface area contributed by atoms with E-state index in [2.05, 4.69) is 39.3 Å². The molecule has 96 valence electrons. The first-order valence-corrected chi connectivity index (χ1v) is 6.43. The molecule has 0 fully saturated rings. The van der Waals surface area contributed by atoms with Crippen molar-refractivity contribution >= 4 is 10.8 Å². The topological polar surface area (TPSA) is 20.2 Å². The van der Waals surface area contributed by atoms with Crippen LogP contribution < -0.4 is 0 Å². The molecule has 0 aliphatic heterocycles. The molecular weight excluding hydrogens is 222 g/mol. The van der Waals surface area contributed by atoms with Crippen LogP contribution in [-0.4, -0.2) is 37.3 Å². The van der Waals surface area contributed by atoms with Gasteiger partial charge in [-0.15, -0.1) is 0 Å². The van der Waals surface area contributed by atoms with Crippen LogP contribution in [0.15, 0.2) is 42.5 Å². The number of hydrogen-bond acceptors (Lipinski definition) is 1. The van der Waals surface area contributed by atoms with Gasteiger partial charge >= 0.3 is 0 Å². The highest BCUT2D eigenvalue weighted by Crippen LogP contribution is 2.26. The van der Waals surface area contributed by atoms with Gasteiger partial charge in [-0.1, -0.05) is 42.5 Å². The Bertz CT molecular complexity index is 523. The molecule has 0 aliphatic rings. The van der Waals surface area contributed by atoms with Crippen molar-refractivity contribution in [2.45, 2.75) is 12.5 Å². The van der Waals surface area contributed by atoms with Gasteiger partial charge in [-0.25, -0.2) is 0 Å². The number of aliphatic hydroxyl groups is 1. The van der Waals surface area contributed by atoms with Gasteiger partial charge in [0.05, 0.1) is 33.8 Å². The van der Waals surface area contributed by atoms with Crippen molar-refractivity contribution in [3.05, 3.63) is 48.0 Å². The van der Waals surface area contributed by atoms with Gasteiger partial charge in [0.25, 0.3) is 0 Å². The number of hydrogen-bond donors (Lipinski definition) is 1. The van der Waals surface area contributed by atoms with Gasteiger partial charge < -0.3 is 9.59 Å². The van der Waals surface area contributed by atoms with E-state index < -0.39 is 0 Å². The lowest BCUT2D eigenvalue weighted by Gasteiger charge is -2.25. The lowest BCUT2D eigenvalue weighted by molar-refractivity contribution is -0.871. The van der Waals surface area contributed by atoms with Crippen molar-refractivity contribution in [3.8, 4) is 0 Å². The van der Waals surface area contributed by atoms with E-state index in [4.69, 9.17) is 0 Å². The Morgan fingerprint density at radius 1 is 1.00 bits per heavy atom.